The van der Waals surface area contributed by atoms with Crippen LogP contribution in [0.25, 0.3) is 0 Å². The number of halogens is 4. The molecule has 28 heavy (non-hydrogen) atoms. The van der Waals surface area contributed by atoms with E-state index in [0.29, 0.717) is 16.3 Å². The number of anilines is 2. The summed E-state index contributed by atoms with van der Waals surface area (Å²) in [5.41, 5.74) is -0.898. The summed E-state index contributed by atoms with van der Waals surface area (Å²) < 4.78 is 40.3. The highest BCUT2D eigenvalue weighted by Gasteiger charge is 2.38. The van der Waals surface area contributed by atoms with Crippen LogP contribution in [0.5, 0.6) is 0 Å². The van der Waals surface area contributed by atoms with Crippen LogP contribution in [-0.2, 0) is 12.7 Å². The van der Waals surface area contributed by atoms with Gasteiger partial charge in [0.05, 0.1) is 5.56 Å². The number of benzene rings is 1. The van der Waals surface area contributed by atoms with Crippen LogP contribution < -0.4 is 10.6 Å². The van der Waals surface area contributed by atoms with E-state index in [-0.39, 0.29) is 12.5 Å². The Hall–Kier alpha value is -3.20. The summed E-state index contributed by atoms with van der Waals surface area (Å²) in [5, 5.41) is 5.45. The topological polar surface area (TPSA) is 79.8 Å². The van der Waals surface area contributed by atoms with Crippen molar-refractivity contribution in [2.24, 2.45) is 0 Å². The summed E-state index contributed by atoms with van der Waals surface area (Å²) in [5.74, 6) is -1.24. The highest BCUT2D eigenvalue weighted by Crippen LogP contribution is 2.31. The molecular weight excluding hydrogens is 395 g/mol. The van der Waals surface area contributed by atoms with Gasteiger partial charge in [0.2, 0.25) is 5.95 Å². The van der Waals surface area contributed by atoms with Gasteiger partial charge in [-0.05, 0) is 35.9 Å². The van der Waals surface area contributed by atoms with Gasteiger partial charge in [-0.2, -0.15) is 13.2 Å². The van der Waals surface area contributed by atoms with E-state index < -0.39 is 23.3 Å². The third kappa shape index (κ3) is 4.95. The third-order valence-electron chi connectivity index (χ3n) is 3.59. The molecule has 3 rings (SSSR count). The number of nitrogens with one attached hydrogen (secondary N) is 2. The molecule has 2 N–H and O–H groups in total. The van der Waals surface area contributed by atoms with Crippen molar-refractivity contribution in [2.45, 2.75) is 12.7 Å². The van der Waals surface area contributed by atoms with E-state index in [4.69, 9.17) is 11.6 Å². The van der Waals surface area contributed by atoms with Gasteiger partial charge in [-0.1, -0.05) is 17.7 Å². The minimum atomic E-state index is -4.84. The molecule has 0 saturated heterocycles. The van der Waals surface area contributed by atoms with Crippen molar-refractivity contribution < 1.29 is 18.0 Å². The summed E-state index contributed by atoms with van der Waals surface area (Å²) >= 11 is 5.85. The van der Waals surface area contributed by atoms with E-state index in [2.05, 4.69) is 25.6 Å². The van der Waals surface area contributed by atoms with Crippen LogP contribution in [0.15, 0.2) is 55.0 Å². The lowest BCUT2D eigenvalue weighted by Crippen LogP contribution is -2.27. The van der Waals surface area contributed by atoms with Gasteiger partial charge < -0.3 is 10.6 Å². The number of hydrogen-bond acceptors (Lipinski definition) is 5. The van der Waals surface area contributed by atoms with Crippen LogP contribution in [-0.4, -0.2) is 20.9 Å². The standard InChI is InChI=1S/C18H13ClF3N5O/c19-12-2-1-3-13(8-12)26-17-25-10-14(15(27-17)18(20,21)22)16(28)24-9-11-4-6-23-7-5-11/h1-8,10H,9H2,(H,24,28)(H,25,26,27). The molecule has 0 unspecified atom stereocenters. The van der Waals surface area contributed by atoms with Crippen LogP contribution in [0.3, 0.4) is 0 Å². The number of carbonyl (C=O) groups excluding carboxylic acids is 1. The molecule has 0 aliphatic rings. The molecule has 0 atom stereocenters. The molecular formula is C18H13ClF3N5O. The molecule has 0 fully saturated rings. The van der Waals surface area contributed by atoms with E-state index in [1.165, 1.54) is 18.5 Å². The second-order valence-corrected chi connectivity index (χ2v) is 6.06. The van der Waals surface area contributed by atoms with Crippen molar-refractivity contribution in [1.82, 2.24) is 20.3 Å². The van der Waals surface area contributed by atoms with Crippen molar-refractivity contribution in [2.75, 3.05) is 5.32 Å². The van der Waals surface area contributed by atoms with Gasteiger partial charge in [0, 0.05) is 35.8 Å². The minimum Gasteiger partial charge on any atom is -0.348 e. The predicted octanol–water partition coefficient (Wildman–Crippen LogP) is 4.22. The van der Waals surface area contributed by atoms with Gasteiger partial charge in [0.15, 0.2) is 5.69 Å². The minimum absolute atomic E-state index is 0.0428. The first-order valence-electron chi connectivity index (χ1n) is 7.97. The van der Waals surface area contributed by atoms with Gasteiger partial charge >= 0.3 is 6.18 Å². The molecule has 144 valence electrons. The molecule has 0 saturated carbocycles. The highest BCUT2D eigenvalue weighted by molar-refractivity contribution is 6.30. The van der Waals surface area contributed by atoms with Crippen molar-refractivity contribution in [3.8, 4) is 0 Å². The number of nitrogens with zero attached hydrogens (tertiary/aromatic N) is 3. The number of alkyl halides is 3. The zero-order chi connectivity index (χ0) is 20.1. The highest BCUT2D eigenvalue weighted by atomic mass is 35.5. The molecule has 0 radical (unpaired) electrons. The average Bonchev–Trinajstić information content (AvgIpc) is 2.66. The smallest absolute Gasteiger partial charge is 0.348 e. The molecule has 10 heteroatoms. The van der Waals surface area contributed by atoms with Gasteiger partial charge in [0.25, 0.3) is 5.91 Å². The zero-order valence-electron chi connectivity index (χ0n) is 14.2. The Morgan fingerprint density at radius 2 is 1.89 bits per heavy atom. The quantitative estimate of drug-likeness (QED) is 0.662. The van der Waals surface area contributed by atoms with Gasteiger partial charge in [-0.25, -0.2) is 9.97 Å². The van der Waals surface area contributed by atoms with Crippen molar-refractivity contribution >= 4 is 29.1 Å². The Bertz CT molecular complexity index is 982. The predicted molar refractivity (Wildman–Crippen MR) is 97.2 cm³/mol. The van der Waals surface area contributed by atoms with E-state index in [9.17, 15) is 18.0 Å². The van der Waals surface area contributed by atoms with E-state index in [1.54, 1.807) is 30.3 Å². The number of amides is 1. The summed E-state index contributed by atoms with van der Waals surface area (Å²) in [6.07, 6.45) is -0.967. The number of rotatable bonds is 5. The molecule has 1 amide bonds. The Balaban J connectivity index is 1.83. The largest absolute Gasteiger partial charge is 0.434 e. The first-order valence-corrected chi connectivity index (χ1v) is 8.34. The van der Waals surface area contributed by atoms with E-state index in [1.807, 2.05) is 0 Å². The van der Waals surface area contributed by atoms with Gasteiger partial charge in [-0.3, -0.25) is 9.78 Å². The second kappa shape index (κ2) is 8.22. The maximum absolute atomic E-state index is 13.4. The monoisotopic (exact) mass is 407 g/mol. The molecule has 6 nitrogen and oxygen atoms in total. The van der Waals surface area contributed by atoms with Crippen molar-refractivity contribution in [1.29, 1.82) is 0 Å². The molecule has 2 aromatic heterocycles. The molecule has 1 aromatic carbocycles. The number of pyridine rings is 1. The molecule has 0 aliphatic carbocycles. The molecule has 0 aliphatic heterocycles. The van der Waals surface area contributed by atoms with Crippen LogP contribution in [0.1, 0.15) is 21.6 Å². The maximum atomic E-state index is 13.4. The molecule has 0 spiro atoms. The summed E-state index contributed by atoms with van der Waals surface area (Å²) in [6.45, 7) is 0.0428. The van der Waals surface area contributed by atoms with Crippen molar-refractivity contribution in [3.63, 3.8) is 0 Å². The first kappa shape index (κ1) is 19.6. The Morgan fingerprint density at radius 1 is 1.14 bits per heavy atom. The van der Waals surface area contributed by atoms with Crippen LogP contribution in [0.2, 0.25) is 5.02 Å². The molecule has 2 heterocycles. The Morgan fingerprint density at radius 3 is 2.57 bits per heavy atom. The SMILES string of the molecule is O=C(NCc1ccncc1)c1cnc(Nc2cccc(Cl)c2)nc1C(F)(F)F. The molecule has 0 bridgehead atoms. The fourth-order valence-corrected chi connectivity index (χ4v) is 2.49. The van der Waals surface area contributed by atoms with E-state index >= 15 is 0 Å². The Labute approximate surface area is 162 Å². The lowest BCUT2D eigenvalue weighted by molar-refractivity contribution is -0.141. The normalized spacial score (nSPS) is 11.1. The first-order chi connectivity index (χ1) is 13.3. The fraction of sp³-hybridized carbons (Fsp3) is 0.111. The van der Waals surface area contributed by atoms with Gasteiger partial charge in [-0.15, -0.1) is 0 Å². The third-order valence-corrected chi connectivity index (χ3v) is 3.82. The lowest BCUT2D eigenvalue weighted by atomic mass is 10.2. The van der Waals surface area contributed by atoms with Crippen molar-refractivity contribution in [3.05, 3.63) is 76.8 Å². The van der Waals surface area contributed by atoms with Crippen LogP contribution in [0, 0.1) is 0 Å². The average molecular weight is 408 g/mol. The van der Waals surface area contributed by atoms with Gasteiger partial charge in [0.1, 0.15) is 0 Å². The summed E-state index contributed by atoms with van der Waals surface area (Å²) in [4.78, 5) is 23.4. The number of carbonyl (C=O) groups is 1. The Kier molecular flexibility index (Phi) is 5.74. The zero-order valence-corrected chi connectivity index (χ0v) is 14.9. The number of hydrogen-bond donors (Lipinski definition) is 2. The lowest BCUT2D eigenvalue weighted by Gasteiger charge is -2.13. The van der Waals surface area contributed by atoms with E-state index in [0.717, 1.165) is 6.20 Å². The van der Waals surface area contributed by atoms with Crippen LogP contribution in [0.4, 0.5) is 24.8 Å². The van der Waals surface area contributed by atoms with Crippen LogP contribution >= 0.6 is 11.6 Å². The number of aromatic nitrogens is 3. The summed E-state index contributed by atoms with van der Waals surface area (Å²) in [6, 6.07) is 9.62. The second-order valence-electron chi connectivity index (χ2n) is 5.63. The fourth-order valence-electron chi connectivity index (χ4n) is 2.30. The maximum Gasteiger partial charge on any atom is 0.434 e. The summed E-state index contributed by atoms with van der Waals surface area (Å²) in [7, 11) is 0. The molecule has 3 aromatic rings.